The zero-order chi connectivity index (χ0) is 44.7. The van der Waals surface area contributed by atoms with Crippen molar-refractivity contribution in [2.45, 2.75) is 185 Å². The molecule has 0 unspecified atom stereocenters. The number of carbonyl (C=O) groups is 7. The fourth-order valence-electron chi connectivity index (χ4n) is 11.1. The molecule has 0 aromatic heterocycles. The van der Waals surface area contributed by atoms with Crippen LogP contribution in [-0.4, -0.2) is 152 Å². The molecule has 6 heterocycles. The molecule has 6 saturated heterocycles. The molecule has 6 aliphatic heterocycles. The monoisotopic (exact) mass is 875 g/mol. The van der Waals surface area contributed by atoms with E-state index in [1.807, 2.05) is 75.6 Å². The molecule has 1 aromatic carbocycles. The molecular weight excluding hydrogens is 805 g/mol. The van der Waals surface area contributed by atoms with Crippen molar-refractivity contribution in [3.63, 3.8) is 0 Å². The molecule has 15 nitrogen and oxygen atoms in total. The van der Waals surface area contributed by atoms with Crippen LogP contribution in [0.1, 0.15) is 142 Å². The largest absolute Gasteiger partial charge is 0.461 e. The quantitative estimate of drug-likeness (QED) is 0.223. The lowest BCUT2D eigenvalue weighted by Crippen LogP contribution is -2.47. The Balaban J connectivity index is 0.866. The smallest absolute Gasteiger partial charge is 0.410 e. The van der Waals surface area contributed by atoms with Crippen LogP contribution < -0.4 is 0 Å². The summed E-state index contributed by atoms with van der Waals surface area (Å²) in [6, 6.07) is 8.25. The molecule has 346 valence electrons. The van der Waals surface area contributed by atoms with E-state index in [-0.39, 0.29) is 123 Å². The van der Waals surface area contributed by atoms with Crippen LogP contribution in [-0.2, 0) is 44.8 Å². The van der Waals surface area contributed by atoms with E-state index >= 15 is 0 Å². The summed E-state index contributed by atoms with van der Waals surface area (Å²) in [5.41, 5.74) is 0.299. The Bertz CT molecular complexity index is 1820. The van der Waals surface area contributed by atoms with E-state index in [1.54, 1.807) is 4.90 Å². The van der Waals surface area contributed by atoms with Crippen molar-refractivity contribution >= 4 is 41.6 Å². The minimum absolute atomic E-state index is 0.0303. The minimum atomic E-state index is -0.617. The lowest BCUT2D eigenvalue weighted by molar-refractivity contribution is -0.147. The number of ether oxygens (including phenoxy) is 2. The predicted molar refractivity (Wildman–Crippen MR) is 234 cm³/mol. The van der Waals surface area contributed by atoms with Gasteiger partial charge >= 0.3 is 12.1 Å². The van der Waals surface area contributed by atoms with E-state index in [2.05, 4.69) is 0 Å². The number of esters is 1. The fraction of sp³-hybridized carbons (Fsp3) is 0.729. The molecule has 6 fully saturated rings. The van der Waals surface area contributed by atoms with E-state index in [0.717, 1.165) is 82.6 Å². The second kappa shape index (κ2) is 20.9. The van der Waals surface area contributed by atoms with E-state index in [1.165, 1.54) is 0 Å². The Morgan fingerprint density at radius 3 is 1.10 bits per heavy atom. The van der Waals surface area contributed by atoms with Crippen molar-refractivity contribution in [1.29, 1.82) is 0 Å². The molecule has 63 heavy (non-hydrogen) atoms. The predicted octanol–water partition coefficient (Wildman–Crippen LogP) is 5.42. The van der Waals surface area contributed by atoms with Gasteiger partial charge in [-0.25, -0.2) is 4.79 Å². The van der Waals surface area contributed by atoms with Crippen molar-refractivity contribution in [1.82, 2.24) is 29.4 Å². The van der Waals surface area contributed by atoms with Gasteiger partial charge < -0.3 is 38.9 Å². The first kappa shape index (κ1) is 46.3. The summed E-state index contributed by atoms with van der Waals surface area (Å²) in [6.45, 7) is 9.20. The normalized spacial score (nSPS) is 26.2. The Kier molecular flexibility index (Phi) is 15.3. The molecule has 6 atom stereocenters. The summed E-state index contributed by atoms with van der Waals surface area (Å²) in [5.74, 6) is -0.481. The Morgan fingerprint density at radius 1 is 0.460 bits per heavy atom. The Hall–Kier alpha value is -4.69. The highest BCUT2D eigenvalue weighted by atomic mass is 16.6. The number of rotatable bonds is 14. The van der Waals surface area contributed by atoms with Crippen LogP contribution in [0.15, 0.2) is 30.3 Å². The van der Waals surface area contributed by atoms with E-state index < -0.39 is 5.60 Å². The SMILES string of the molecule is CC(C)(C)OC(=O)N1CCC[C@H]1CC(=O)N1CCC[C@@H]1CC(=O)N1CCC[C@H]1CC(=O)N1CCC[C@@H]1CC(=O)N1CCC[C@H]1CC(=O)N1CCC[C@@H]1CC(=O)OCc1ccccc1. The first-order valence-corrected chi connectivity index (χ1v) is 23.9. The number of amides is 6. The minimum Gasteiger partial charge on any atom is -0.461 e. The Labute approximate surface area is 373 Å². The fourth-order valence-corrected chi connectivity index (χ4v) is 11.1. The molecule has 15 heteroatoms. The first-order chi connectivity index (χ1) is 30.2. The average molecular weight is 875 g/mol. The van der Waals surface area contributed by atoms with E-state index in [9.17, 15) is 33.6 Å². The van der Waals surface area contributed by atoms with Crippen molar-refractivity contribution in [2.75, 3.05) is 39.3 Å². The maximum absolute atomic E-state index is 14.0. The highest BCUT2D eigenvalue weighted by molar-refractivity contribution is 5.84. The topological polar surface area (TPSA) is 157 Å². The third-order valence-corrected chi connectivity index (χ3v) is 14.2. The number of nitrogens with zero attached hydrogens (tertiary/aromatic N) is 6. The van der Waals surface area contributed by atoms with E-state index in [0.29, 0.717) is 39.3 Å². The van der Waals surface area contributed by atoms with Gasteiger partial charge in [-0.15, -0.1) is 0 Å². The van der Waals surface area contributed by atoms with Gasteiger partial charge in [0.15, 0.2) is 0 Å². The molecule has 0 spiro atoms. The molecule has 0 radical (unpaired) electrons. The zero-order valence-electron chi connectivity index (χ0n) is 37.9. The van der Waals surface area contributed by atoms with E-state index in [4.69, 9.17) is 9.47 Å². The maximum Gasteiger partial charge on any atom is 0.410 e. The van der Waals surface area contributed by atoms with Crippen molar-refractivity contribution in [2.24, 2.45) is 0 Å². The second-order valence-electron chi connectivity index (χ2n) is 19.8. The molecule has 0 bridgehead atoms. The summed E-state index contributed by atoms with van der Waals surface area (Å²) < 4.78 is 11.1. The number of hydrogen-bond donors (Lipinski definition) is 0. The van der Waals surface area contributed by atoms with Gasteiger partial charge in [-0.3, -0.25) is 28.8 Å². The number of hydrogen-bond acceptors (Lipinski definition) is 9. The van der Waals surface area contributed by atoms with Gasteiger partial charge in [-0.1, -0.05) is 30.3 Å². The Morgan fingerprint density at radius 2 is 0.762 bits per heavy atom. The third kappa shape index (κ3) is 11.9. The van der Waals surface area contributed by atoms with Crippen LogP contribution >= 0.6 is 0 Å². The summed E-state index contributed by atoms with van der Waals surface area (Å²) in [4.78, 5) is 105. The maximum atomic E-state index is 14.0. The number of likely N-dealkylation sites (tertiary alicyclic amines) is 6. The van der Waals surface area contributed by atoms with Gasteiger partial charge in [0.1, 0.15) is 12.2 Å². The molecule has 0 aliphatic carbocycles. The zero-order valence-corrected chi connectivity index (χ0v) is 37.9. The summed E-state index contributed by atoms with van der Waals surface area (Å²) in [5, 5.41) is 0. The van der Waals surface area contributed by atoms with Crippen LogP contribution in [0.3, 0.4) is 0 Å². The van der Waals surface area contributed by atoms with Crippen molar-refractivity contribution < 1.29 is 43.0 Å². The molecule has 7 rings (SSSR count). The van der Waals surface area contributed by atoms with Gasteiger partial charge in [0.25, 0.3) is 0 Å². The molecular formula is C48H70N6O9. The van der Waals surface area contributed by atoms with Gasteiger partial charge in [-0.2, -0.15) is 0 Å². The third-order valence-electron chi connectivity index (χ3n) is 14.2. The average Bonchev–Trinajstić information content (AvgIpc) is 4.10. The lowest BCUT2D eigenvalue weighted by atomic mass is 10.1. The summed E-state index contributed by atoms with van der Waals surface area (Å²) in [7, 11) is 0. The van der Waals surface area contributed by atoms with Crippen LogP contribution in [0, 0.1) is 0 Å². The van der Waals surface area contributed by atoms with Gasteiger partial charge in [0.2, 0.25) is 29.5 Å². The second-order valence-corrected chi connectivity index (χ2v) is 19.8. The van der Waals surface area contributed by atoms with Crippen LogP contribution in [0.4, 0.5) is 4.79 Å². The lowest BCUT2D eigenvalue weighted by Gasteiger charge is -2.33. The van der Waals surface area contributed by atoms with Crippen LogP contribution in [0.25, 0.3) is 0 Å². The van der Waals surface area contributed by atoms with Crippen LogP contribution in [0.5, 0.6) is 0 Å². The number of carbonyl (C=O) groups excluding carboxylic acids is 7. The highest BCUT2D eigenvalue weighted by Crippen LogP contribution is 2.32. The van der Waals surface area contributed by atoms with Crippen LogP contribution in [0.2, 0.25) is 0 Å². The molecule has 6 amide bonds. The standard InChI is InChI=1S/C48H70N6O9/c1-48(2,3)63-47(61)54-26-12-19-39(54)31-45(59)52-24-10-17-37(52)29-43(57)50-22-8-15-35(50)27-41(55)49-21-7-16-36(49)28-42(56)51-23-9-18-38(51)30-44(58)53-25-11-20-40(53)32-46(60)62-33-34-13-5-4-6-14-34/h4-6,13-14,35-40H,7-12,15-33H2,1-3H3/t35-,36+,37+,38-,39-,40+/m0/s1. The highest BCUT2D eigenvalue weighted by Gasteiger charge is 2.42. The van der Waals surface area contributed by atoms with Crippen molar-refractivity contribution in [3.05, 3.63) is 35.9 Å². The summed E-state index contributed by atoms with van der Waals surface area (Å²) >= 11 is 0. The molecule has 1 aromatic rings. The van der Waals surface area contributed by atoms with Gasteiger partial charge in [0.05, 0.1) is 6.42 Å². The molecule has 0 saturated carbocycles. The first-order valence-electron chi connectivity index (χ1n) is 23.9. The summed E-state index contributed by atoms with van der Waals surface area (Å²) in [6.07, 6.45) is 10.2. The van der Waals surface area contributed by atoms with Gasteiger partial charge in [0, 0.05) is 108 Å². The number of benzene rings is 1. The van der Waals surface area contributed by atoms with Crippen molar-refractivity contribution in [3.8, 4) is 0 Å². The van der Waals surface area contributed by atoms with Gasteiger partial charge in [-0.05, 0) is 103 Å². The molecule has 6 aliphatic rings. The molecule has 0 N–H and O–H groups in total.